The first-order valence-corrected chi connectivity index (χ1v) is 10.8. The van der Waals surface area contributed by atoms with Gasteiger partial charge in [-0.2, -0.15) is 12.7 Å². The lowest BCUT2D eigenvalue weighted by molar-refractivity contribution is -0.136. The Morgan fingerprint density at radius 1 is 1.27 bits per heavy atom. The molecule has 3 rings (SSSR count). The number of carbonyl (C=O) groups is 2. The van der Waals surface area contributed by atoms with Crippen molar-refractivity contribution in [3.05, 3.63) is 5.01 Å². The van der Waals surface area contributed by atoms with Gasteiger partial charge < -0.3 is 4.90 Å². The third-order valence-electron chi connectivity index (χ3n) is 4.54. The quantitative estimate of drug-likeness (QED) is 0.686. The molecule has 1 atom stereocenters. The highest BCUT2D eigenvalue weighted by Crippen LogP contribution is 2.29. The Morgan fingerprint density at radius 2 is 1.96 bits per heavy atom. The number of rotatable bonds is 5. The Labute approximate surface area is 156 Å². The molecule has 1 aromatic rings. The van der Waals surface area contributed by atoms with Crippen molar-refractivity contribution in [1.82, 2.24) is 19.4 Å². The third-order valence-corrected chi connectivity index (χ3v) is 6.63. The van der Waals surface area contributed by atoms with Gasteiger partial charge in [0.05, 0.1) is 5.92 Å². The molecule has 2 aliphatic heterocycles. The van der Waals surface area contributed by atoms with E-state index in [9.17, 15) is 18.0 Å². The summed E-state index contributed by atoms with van der Waals surface area (Å²) in [6.45, 7) is 3.23. The van der Waals surface area contributed by atoms with Gasteiger partial charge in [-0.25, -0.2) is 5.14 Å². The Balaban J connectivity index is 1.60. The largest absolute Gasteiger partial charge is 0.340 e. The van der Waals surface area contributed by atoms with Crippen LogP contribution in [0.4, 0.5) is 5.13 Å². The van der Waals surface area contributed by atoms with E-state index in [1.165, 1.54) is 16.2 Å². The normalized spacial score (nSPS) is 22.2. The van der Waals surface area contributed by atoms with Gasteiger partial charge in [-0.15, -0.1) is 10.2 Å². The Morgan fingerprint density at radius 3 is 2.58 bits per heavy atom. The molecule has 2 amide bonds. The summed E-state index contributed by atoms with van der Waals surface area (Å²) in [5.74, 6) is -0.707. The monoisotopic (exact) mass is 402 g/mol. The number of nitrogens with zero attached hydrogens (tertiary/aromatic N) is 5. The van der Waals surface area contributed by atoms with E-state index in [4.69, 9.17) is 5.14 Å². The molecule has 0 aromatic carbocycles. The summed E-state index contributed by atoms with van der Waals surface area (Å²) in [5, 5.41) is 14.7. The highest BCUT2D eigenvalue weighted by Gasteiger charge is 2.39. The summed E-state index contributed by atoms with van der Waals surface area (Å²) in [4.78, 5) is 28.1. The van der Waals surface area contributed by atoms with Crippen LogP contribution < -0.4 is 10.0 Å². The standard InChI is InChI=1S/C14H22N6O4S2/c1-2-3-11-16-17-14(25-11)20-9-10(8-12(20)21)13(22)18-4-6-19(7-5-18)26(15,23)24/h10H,2-9H2,1H3,(H2,15,23,24). The molecule has 0 aliphatic carbocycles. The first-order chi connectivity index (χ1) is 12.3. The van der Waals surface area contributed by atoms with Gasteiger partial charge in [0.25, 0.3) is 10.2 Å². The van der Waals surface area contributed by atoms with Crippen LogP contribution in [0.3, 0.4) is 0 Å². The van der Waals surface area contributed by atoms with Gasteiger partial charge in [-0.1, -0.05) is 18.3 Å². The summed E-state index contributed by atoms with van der Waals surface area (Å²) in [7, 11) is -3.73. The summed E-state index contributed by atoms with van der Waals surface area (Å²) in [6, 6.07) is 0. The molecule has 2 fully saturated rings. The minimum atomic E-state index is -3.73. The first kappa shape index (κ1) is 19.1. The molecule has 1 aromatic heterocycles. The second-order valence-corrected chi connectivity index (χ2v) is 8.99. The molecule has 2 aliphatic rings. The fourth-order valence-electron chi connectivity index (χ4n) is 3.15. The molecular formula is C14H22N6O4S2. The fourth-order valence-corrected chi connectivity index (χ4v) is 4.79. The van der Waals surface area contributed by atoms with Crippen molar-refractivity contribution in [2.45, 2.75) is 26.2 Å². The lowest BCUT2D eigenvalue weighted by atomic mass is 10.1. The number of amides is 2. The Bertz CT molecular complexity index is 787. The summed E-state index contributed by atoms with van der Waals surface area (Å²) >= 11 is 1.38. The number of anilines is 1. The molecule has 3 heterocycles. The third kappa shape index (κ3) is 4.03. The van der Waals surface area contributed by atoms with Gasteiger partial charge in [-0.05, 0) is 6.42 Å². The maximum Gasteiger partial charge on any atom is 0.277 e. The van der Waals surface area contributed by atoms with Gasteiger partial charge >= 0.3 is 0 Å². The molecule has 0 spiro atoms. The smallest absolute Gasteiger partial charge is 0.277 e. The van der Waals surface area contributed by atoms with Crippen LogP contribution in [0.15, 0.2) is 0 Å². The number of carbonyl (C=O) groups excluding carboxylic acids is 2. The molecule has 26 heavy (non-hydrogen) atoms. The van der Waals surface area contributed by atoms with Crippen molar-refractivity contribution < 1.29 is 18.0 Å². The fraction of sp³-hybridized carbons (Fsp3) is 0.714. The molecule has 10 nitrogen and oxygen atoms in total. The Kier molecular flexibility index (Phi) is 5.55. The van der Waals surface area contributed by atoms with Crippen LogP contribution >= 0.6 is 11.3 Å². The molecule has 0 radical (unpaired) electrons. The predicted octanol–water partition coefficient (Wildman–Crippen LogP) is -0.809. The highest BCUT2D eigenvalue weighted by atomic mass is 32.2. The van der Waals surface area contributed by atoms with Crippen LogP contribution in [0.2, 0.25) is 0 Å². The van der Waals surface area contributed by atoms with E-state index in [0.29, 0.717) is 5.13 Å². The van der Waals surface area contributed by atoms with Crippen molar-refractivity contribution in [3.63, 3.8) is 0 Å². The number of nitrogens with two attached hydrogens (primary N) is 1. The van der Waals surface area contributed by atoms with Crippen LogP contribution in [0.5, 0.6) is 0 Å². The van der Waals surface area contributed by atoms with Crippen LogP contribution in [-0.4, -0.2) is 72.4 Å². The zero-order valence-electron chi connectivity index (χ0n) is 14.5. The van der Waals surface area contributed by atoms with E-state index < -0.39 is 16.1 Å². The van der Waals surface area contributed by atoms with E-state index in [2.05, 4.69) is 10.2 Å². The highest BCUT2D eigenvalue weighted by molar-refractivity contribution is 7.86. The maximum absolute atomic E-state index is 12.7. The minimum absolute atomic E-state index is 0.131. The lowest BCUT2D eigenvalue weighted by Crippen LogP contribution is -2.53. The van der Waals surface area contributed by atoms with Crippen LogP contribution in [-0.2, 0) is 26.2 Å². The second kappa shape index (κ2) is 7.55. The van der Waals surface area contributed by atoms with E-state index in [-0.39, 0.29) is 51.0 Å². The number of piperazine rings is 1. The van der Waals surface area contributed by atoms with Crippen LogP contribution in [0.25, 0.3) is 0 Å². The van der Waals surface area contributed by atoms with Crippen molar-refractivity contribution in [2.75, 3.05) is 37.6 Å². The topological polar surface area (TPSA) is 130 Å². The number of aromatic nitrogens is 2. The number of aryl methyl sites for hydroxylation is 1. The lowest BCUT2D eigenvalue weighted by Gasteiger charge is -2.34. The van der Waals surface area contributed by atoms with Crippen molar-refractivity contribution in [1.29, 1.82) is 0 Å². The predicted molar refractivity (Wildman–Crippen MR) is 95.6 cm³/mol. The van der Waals surface area contributed by atoms with E-state index in [1.807, 2.05) is 6.92 Å². The van der Waals surface area contributed by atoms with Gasteiger partial charge in [0.1, 0.15) is 5.01 Å². The van der Waals surface area contributed by atoms with Crippen LogP contribution in [0.1, 0.15) is 24.8 Å². The number of hydrogen-bond acceptors (Lipinski definition) is 7. The minimum Gasteiger partial charge on any atom is -0.340 e. The molecule has 144 valence electrons. The van der Waals surface area contributed by atoms with Gasteiger partial charge in [-0.3, -0.25) is 14.5 Å². The van der Waals surface area contributed by atoms with Crippen molar-refractivity contribution >= 4 is 38.5 Å². The molecule has 2 saturated heterocycles. The number of hydrogen-bond donors (Lipinski definition) is 1. The van der Waals surface area contributed by atoms with Gasteiger partial charge in [0.2, 0.25) is 16.9 Å². The van der Waals surface area contributed by atoms with Gasteiger partial charge in [0, 0.05) is 45.6 Å². The Hall–Kier alpha value is -1.63. The summed E-state index contributed by atoms with van der Waals surface area (Å²) in [5.41, 5.74) is 0. The average Bonchev–Trinajstić information content (AvgIpc) is 3.20. The van der Waals surface area contributed by atoms with Crippen molar-refractivity contribution in [2.24, 2.45) is 11.1 Å². The molecule has 2 N–H and O–H groups in total. The van der Waals surface area contributed by atoms with E-state index >= 15 is 0 Å². The van der Waals surface area contributed by atoms with E-state index in [1.54, 1.807) is 4.90 Å². The molecule has 0 saturated carbocycles. The molecular weight excluding hydrogens is 380 g/mol. The van der Waals surface area contributed by atoms with Crippen LogP contribution in [0, 0.1) is 5.92 Å². The molecule has 0 bridgehead atoms. The SMILES string of the molecule is CCCc1nnc(N2CC(C(=O)N3CCN(S(N)(=O)=O)CC3)CC2=O)s1. The van der Waals surface area contributed by atoms with Crippen molar-refractivity contribution in [3.8, 4) is 0 Å². The second-order valence-electron chi connectivity index (χ2n) is 6.40. The molecule has 12 heteroatoms. The van der Waals surface area contributed by atoms with E-state index in [0.717, 1.165) is 22.2 Å². The van der Waals surface area contributed by atoms with Gasteiger partial charge in [0.15, 0.2) is 0 Å². The first-order valence-electron chi connectivity index (χ1n) is 8.49. The average molecular weight is 403 g/mol. The molecule has 1 unspecified atom stereocenters. The zero-order valence-corrected chi connectivity index (χ0v) is 16.1. The zero-order chi connectivity index (χ0) is 18.9. The maximum atomic E-state index is 12.7. The summed E-state index contributed by atoms with van der Waals surface area (Å²) < 4.78 is 23.8. The summed E-state index contributed by atoms with van der Waals surface area (Å²) in [6.07, 6.45) is 1.90.